The largest absolute Gasteiger partial charge is 0.822 e. The summed E-state index contributed by atoms with van der Waals surface area (Å²) in [6.45, 7) is 14.2. The normalized spacial score (nSPS) is 26.0. The highest BCUT2D eigenvalue weighted by Crippen LogP contribution is 2.42. The zero-order chi connectivity index (χ0) is 42.1. The van der Waals surface area contributed by atoms with Crippen LogP contribution in [0.5, 0.6) is 0 Å². The number of thiazole rings is 3. The summed E-state index contributed by atoms with van der Waals surface area (Å²) in [6, 6.07) is 2.08. The molecule has 9 rings (SSSR count). The zero-order valence-electron chi connectivity index (χ0n) is 34.5. The molecule has 3 aliphatic heterocycles. The lowest BCUT2D eigenvalue weighted by Gasteiger charge is -2.42. The van der Waals surface area contributed by atoms with Crippen molar-refractivity contribution >= 4 is 57.2 Å². The molecule has 0 saturated carbocycles. The van der Waals surface area contributed by atoms with Crippen LogP contribution in [0.1, 0.15) is 110 Å². The van der Waals surface area contributed by atoms with Gasteiger partial charge in [-0.25, -0.2) is 0 Å². The summed E-state index contributed by atoms with van der Waals surface area (Å²) in [5.74, 6) is 2.27. The first-order valence-corrected chi connectivity index (χ1v) is 25.3. The summed E-state index contributed by atoms with van der Waals surface area (Å²) < 4.78 is 8.55. The number of hydrogen-bond acceptors (Lipinski definition) is 16. The highest BCUT2D eigenvalue weighted by Gasteiger charge is 2.42. The van der Waals surface area contributed by atoms with Crippen molar-refractivity contribution in [3.63, 3.8) is 0 Å². The molecular weight excluding hydrogens is 828 g/mol. The van der Waals surface area contributed by atoms with Crippen LogP contribution in [0.25, 0.3) is 14.9 Å². The van der Waals surface area contributed by atoms with E-state index in [9.17, 15) is 0 Å². The predicted octanol–water partition coefficient (Wildman–Crippen LogP) is 6.83. The summed E-state index contributed by atoms with van der Waals surface area (Å²) >= 11 is 4.67. The van der Waals surface area contributed by atoms with E-state index < -0.39 is 7.82 Å². The lowest BCUT2D eigenvalue weighted by Crippen LogP contribution is -2.49. The fraction of sp³-hybridized carbons (Fsp3) is 0.769. The average Bonchev–Trinajstić information content (AvgIpc) is 3.94. The van der Waals surface area contributed by atoms with Crippen molar-refractivity contribution in [2.45, 2.75) is 135 Å². The Morgan fingerprint density at radius 3 is 1.07 bits per heavy atom. The number of diazo groups is 3. The molecule has 4 unspecified atom stereocenters. The van der Waals surface area contributed by atoms with Crippen molar-refractivity contribution in [3.8, 4) is 0 Å². The van der Waals surface area contributed by atoms with E-state index in [4.69, 9.17) is 35.4 Å². The molecule has 3 aliphatic carbocycles. The number of likely N-dealkylation sites (tertiary alicyclic amines) is 3. The van der Waals surface area contributed by atoms with Crippen molar-refractivity contribution in [1.82, 2.24) is 29.7 Å². The van der Waals surface area contributed by atoms with Crippen LogP contribution in [0, 0.1) is 33.9 Å². The van der Waals surface area contributed by atoms with Crippen molar-refractivity contribution in [2.75, 3.05) is 39.3 Å². The molecule has 320 valence electrons. The lowest BCUT2D eigenvalue weighted by atomic mass is 9.79. The van der Waals surface area contributed by atoms with Gasteiger partial charge < -0.3 is 19.2 Å². The molecule has 3 aromatic heterocycles. The maximum Gasteiger partial charge on any atom is 0.523 e. The van der Waals surface area contributed by atoms with Gasteiger partial charge in [0.15, 0.2) is 17.1 Å². The number of nitrogens with zero attached hydrogens (tertiary/aromatic N) is 12. The third-order valence-electron chi connectivity index (χ3n) is 12.7. The lowest BCUT2D eigenvalue weighted by molar-refractivity contribution is -0.432. The van der Waals surface area contributed by atoms with E-state index in [-0.39, 0.29) is 0 Å². The van der Waals surface area contributed by atoms with Crippen LogP contribution in [-0.2, 0) is 43.1 Å². The fourth-order valence-corrected chi connectivity index (χ4v) is 13.2. The minimum Gasteiger partial charge on any atom is -0.822 e. The van der Waals surface area contributed by atoms with Crippen molar-refractivity contribution < 1.29 is 19.2 Å². The van der Waals surface area contributed by atoms with Crippen LogP contribution in [-0.4, -0.2) is 87.0 Å². The van der Waals surface area contributed by atoms with Crippen molar-refractivity contribution in [1.29, 1.82) is 16.2 Å². The highest BCUT2D eigenvalue weighted by molar-refractivity contribution is 7.40. The van der Waals surface area contributed by atoms with E-state index in [0.29, 0.717) is 33.5 Å². The Hall–Kier alpha value is -2.86. The fourth-order valence-electron chi connectivity index (χ4n) is 10.4. The molecule has 0 N–H and O–H groups in total. The van der Waals surface area contributed by atoms with Gasteiger partial charge in [-0.1, -0.05) is 20.8 Å². The molecule has 3 saturated heterocycles. The number of piperidine rings is 3. The van der Waals surface area contributed by atoms with Gasteiger partial charge in [-0.3, -0.25) is 14.7 Å². The van der Waals surface area contributed by atoms with Gasteiger partial charge in [0.1, 0.15) is 0 Å². The van der Waals surface area contributed by atoms with Gasteiger partial charge in [0.05, 0.1) is 30.8 Å². The molecule has 20 heteroatoms. The van der Waals surface area contributed by atoms with Crippen LogP contribution >= 0.6 is 41.8 Å². The summed E-state index contributed by atoms with van der Waals surface area (Å²) in [5, 5.41) is 28.1. The molecule has 3 fully saturated rings. The van der Waals surface area contributed by atoms with Gasteiger partial charge in [-0.05, 0) is 164 Å². The number of hydrogen-bond donors (Lipinski definition) is 0. The topological polar surface area (TPSA) is 219 Å². The first-order valence-electron chi connectivity index (χ1n) is 21.4. The van der Waals surface area contributed by atoms with Crippen LogP contribution in [0.2, 0.25) is 0 Å². The summed E-state index contributed by atoms with van der Waals surface area (Å²) in [7, 11) is -5.39. The number of aromatic nitrogens is 3. The second-order valence-electron chi connectivity index (χ2n) is 16.6. The van der Waals surface area contributed by atoms with Gasteiger partial charge in [0.25, 0.3) is 0 Å². The van der Waals surface area contributed by atoms with Crippen molar-refractivity contribution in [3.05, 3.63) is 46.6 Å². The maximum absolute atomic E-state index is 8.84. The first kappa shape index (κ1) is 45.7. The third kappa shape index (κ3) is 12.0. The minimum atomic E-state index is -5.39. The molecule has 0 radical (unpaired) electrons. The molecule has 6 heterocycles. The number of phosphoric acid groups is 1. The average molecular weight is 885 g/mol. The van der Waals surface area contributed by atoms with E-state index in [1.54, 1.807) is 34.0 Å². The van der Waals surface area contributed by atoms with E-state index in [1.807, 2.05) is 0 Å². The van der Waals surface area contributed by atoms with Crippen LogP contribution in [0.4, 0.5) is 15.4 Å². The summed E-state index contributed by atoms with van der Waals surface area (Å²) in [6.07, 6.45) is 18.2. The smallest absolute Gasteiger partial charge is 0.523 e. The summed E-state index contributed by atoms with van der Waals surface area (Å²) in [5.41, 5.74) is 3.56. The monoisotopic (exact) mass is 884 g/mol. The molecule has 59 heavy (non-hydrogen) atoms. The molecule has 0 bridgehead atoms. The Labute approximate surface area is 359 Å². The maximum atomic E-state index is 8.84. The Kier molecular flexibility index (Phi) is 16.5. The second-order valence-corrected chi connectivity index (χ2v) is 20.7. The van der Waals surface area contributed by atoms with E-state index in [0.717, 1.165) is 56.3 Å². The SMILES string of the molecule is CCCN1CCCC2Cc3nc([N+]#N)sc3CC21.CCCN1CCCC2Cc3nc([N+]#N)sc3CC21.CCCN1CCC[C@H]2Cc3nc([N+]#N)sc3C[C@@H]21.O=P([O-])([O-])[O-]. The Balaban J connectivity index is 0.000000141. The number of rotatable bonds is 6. The Morgan fingerprint density at radius 2 is 0.831 bits per heavy atom. The predicted molar refractivity (Wildman–Crippen MR) is 226 cm³/mol. The molecule has 0 amide bonds. The highest BCUT2D eigenvalue weighted by atomic mass is 32.1. The van der Waals surface area contributed by atoms with Crippen LogP contribution < -0.4 is 14.7 Å². The second kappa shape index (κ2) is 21.3. The van der Waals surface area contributed by atoms with Crippen LogP contribution in [0.3, 0.4) is 0 Å². The van der Waals surface area contributed by atoms with E-state index in [1.165, 1.54) is 129 Å². The van der Waals surface area contributed by atoms with Crippen molar-refractivity contribution in [2.24, 2.45) is 17.8 Å². The standard InChI is InChI=1S/3C13H19N4S.H3O4P/c3*1-2-5-17-6-3-4-9-7-10-12(8-11(9)17)18-13(15-10)16-14;1-5(2,3)4/h3*9,11H,2-8H2,1H3;(H3,1,2,3,4)/q3*+1;/p-3/t9-,11-;;;/m0.../s1. The molecular formula is C39H57N12O4PS3. The molecule has 3 aromatic rings. The van der Waals surface area contributed by atoms with Gasteiger partial charge in [-0.15, -0.1) is 0 Å². The molecule has 0 spiro atoms. The van der Waals surface area contributed by atoms with Gasteiger partial charge in [-0.2, -0.15) is 7.82 Å². The van der Waals surface area contributed by atoms with E-state index >= 15 is 0 Å². The molecule has 0 aromatic carbocycles. The van der Waals surface area contributed by atoms with Crippen LogP contribution in [0.15, 0.2) is 0 Å². The Morgan fingerprint density at radius 1 is 0.559 bits per heavy atom. The first-order chi connectivity index (χ1) is 28.4. The minimum absolute atomic E-state index is 0.528. The quantitative estimate of drug-likeness (QED) is 0.183. The molecule has 16 nitrogen and oxygen atoms in total. The molecule has 6 atom stereocenters. The van der Waals surface area contributed by atoms with Gasteiger partial charge in [0.2, 0.25) is 0 Å². The zero-order valence-corrected chi connectivity index (χ0v) is 37.8. The molecule has 6 aliphatic rings. The Bertz CT molecular complexity index is 1810. The van der Waals surface area contributed by atoms with Gasteiger partial charge >= 0.3 is 15.4 Å². The summed E-state index contributed by atoms with van der Waals surface area (Å²) in [4.78, 5) is 60.6. The van der Waals surface area contributed by atoms with Gasteiger partial charge in [0, 0.05) is 71.6 Å². The third-order valence-corrected chi connectivity index (χ3v) is 15.8. The van der Waals surface area contributed by atoms with E-state index in [2.05, 4.69) is 65.4 Å². The number of fused-ring (bicyclic) bond motifs is 6.